The van der Waals surface area contributed by atoms with Crippen molar-refractivity contribution in [3.8, 4) is 11.5 Å². The number of amides is 2. The van der Waals surface area contributed by atoms with Crippen LogP contribution in [0, 0.1) is 0 Å². The van der Waals surface area contributed by atoms with Crippen LogP contribution in [-0.4, -0.2) is 63.7 Å². The standard InChI is InChI=1S/C30H33Cl2N3O6S/c1-3-14-33-30(37)26(17-21-8-5-4-6-9-21)34(19-23-24(31)10-7-11-25(23)32)29(36)20-35(42(2,38)39)22-12-13-27-28(18-22)41-16-15-40-27/h4-13,18,26H,3,14-17,19-20H2,1-2H3,(H,33,37)/t26-/m0/s1. The van der Waals surface area contributed by atoms with Crippen LogP contribution in [0.3, 0.4) is 0 Å². The number of nitrogens with one attached hydrogen (secondary N) is 1. The van der Waals surface area contributed by atoms with E-state index in [-0.39, 0.29) is 24.6 Å². The Hall–Kier alpha value is -3.47. The first-order valence-corrected chi connectivity index (χ1v) is 16.1. The first-order valence-electron chi connectivity index (χ1n) is 13.5. The highest BCUT2D eigenvalue weighted by Crippen LogP contribution is 2.35. The second-order valence-corrected chi connectivity index (χ2v) is 12.5. The third-order valence-corrected chi connectivity index (χ3v) is 8.55. The van der Waals surface area contributed by atoms with Crippen molar-refractivity contribution in [3.63, 3.8) is 0 Å². The molecular formula is C30H33Cl2N3O6S. The van der Waals surface area contributed by atoms with Gasteiger partial charge in [-0.1, -0.05) is 66.5 Å². The van der Waals surface area contributed by atoms with Crippen molar-refractivity contribution in [2.24, 2.45) is 0 Å². The Balaban J connectivity index is 1.75. The second kappa shape index (κ2) is 14.1. The number of benzene rings is 3. The summed E-state index contributed by atoms with van der Waals surface area (Å²) in [6, 6.07) is 17.9. The molecule has 0 aromatic heterocycles. The number of anilines is 1. The summed E-state index contributed by atoms with van der Waals surface area (Å²) in [5, 5.41) is 3.53. The average molecular weight is 635 g/mol. The normalized spacial score (nSPS) is 13.2. The number of hydrogen-bond donors (Lipinski definition) is 1. The fourth-order valence-electron chi connectivity index (χ4n) is 4.57. The number of carbonyl (C=O) groups excluding carboxylic acids is 2. The number of carbonyl (C=O) groups is 2. The topological polar surface area (TPSA) is 105 Å². The molecule has 1 aliphatic heterocycles. The third kappa shape index (κ3) is 7.87. The maximum atomic E-state index is 14.2. The number of ether oxygens (including phenoxy) is 2. The monoisotopic (exact) mass is 633 g/mol. The predicted octanol–water partition coefficient (Wildman–Crippen LogP) is 4.70. The van der Waals surface area contributed by atoms with Gasteiger partial charge in [0.15, 0.2) is 11.5 Å². The van der Waals surface area contributed by atoms with Crippen LogP contribution in [0.4, 0.5) is 5.69 Å². The lowest BCUT2D eigenvalue weighted by molar-refractivity contribution is -0.140. The fourth-order valence-corrected chi connectivity index (χ4v) is 5.93. The van der Waals surface area contributed by atoms with Crippen LogP contribution in [-0.2, 0) is 32.6 Å². The predicted molar refractivity (Wildman–Crippen MR) is 164 cm³/mol. The number of fused-ring (bicyclic) bond motifs is 1. The Labute approximate surface area is 256 Å². The zero-order valence-corrected chi connectivity index (χ0v) is 25.7. The maximum Gasteiger partial charge on any atom is 0.244 e. The van der Waals surface area contributed by atoms with Gasteiger partial charge < -0.3 is 19.7 Å². The van der Waals surface area contributed by atoms with Crippen LogP contribution in [0.1, 0.15) is 24.5 Å². The Bertz CT molecular complexity index is 1500. The van der Waals surface area contributed by atoms with Crippen molar-refractivity contribution in [3.05, 3.63) is 87.9 Å². The minimum Gasteiger partial charge on any atom is -0.486 e. The Kier molecular flexibility index (Phi) is 10.6. The van der Waals surface area contributed by atoms with E-state index in [0.29, 0.717) is 53.3 Å². The summed E-state index contributed by atoms with van der Waals surface area (Å²) in [5.74, 6) is -0.128. The molecule has 42 heavy (non-hydrogen) atoms. The highest BCUT2D eigenvalue weighted by atomic mass is 35.5. The van der Waals surface area contributed by atoms with Gasteiger partial charge in [0.05, 0.1) is 11.9 Å². The zero-order valence-electron chi connectivity index (χ0n) is 23.4. The van der Waals surface area contributed by atoms with E-state index >= 15 is 0 Å². The van der Waals surface area contributed by atoms with E-state index in [1.165, 1.54) is 11.0 Å². The zero-order chi connectivity index (χ0) is 30.3. The molecule has 0 saturated carbocycles. The van der Waals surface area contributed by atoms with Gasteiger partial charge in [-0.25, -0.2) is 8.42 Å². The van der Waals surface area contributed by atoms with Crippen LogP contribution in [0.25, 0.3) is 0 Å². The lowest BCUT2D eigenvalue weighted by Gasteiger charge is -2.34. The molecular weight excluding hydrogens is 601 g/mol. The molecule has 0 spiro atoms. The number of rotatable bonds is 12. The average Bonchev–Trinajstić information content (AvgIpc) is 2.97. The molecule has 0 aliphatic carbocycles. The summed E-state index contributed by atoms with van der Waals surface area (Å²) in [7, 11) is -3.94. The molecule has 1 atom stereocenters. The Morgan fingerprint density at radius 2 is 1.62 bits per heavy atom. The molecule has 3 aromatic carbocycles. The highest BCUT2D eigenvalue weighted by molar-refractivity contribution is 7.92. The molecule has 0 radical (unpaired) electrons. The molecule has 0 bridgehead atoms. The van der Waals surface area contributed by atoms with Gasteiger partial charge in [-0.2, -0.15) is 0 Å². The van der Waals surface area contributed by atoms with Crippen molar-refractivity contribution in [2.75, 3.05) is 36.9 Å². The third-order valence-electron chi connectivity index (χ3n) is 6.70. The van der Waals surface area contributed by atoms with E-state index in [9.17, 15) is 18.0 Å². The minimum absolute atomic E-state index is 0.118. The second-order valence-electron chi connectivity index (χ2n) is 9.82. The van der Waals surface area contributed by atoms with E-state index in [0.717, 1.165) is 16.1 Å². The van der Waals surface area contributed by atoms with Crippen LogP contribution in [0.2, 0.25) is 10.0 Å². The van der Waals surface area contributed by atoms with Crippen molar-refractivity contribution < 1.29 is 27.5 Å². The number of halogens is 2. The van der Waals surface area contributed by atoms with Gasteiger partial charge >= 0.3 is 0 Å². The molecule has 4 rings (SSSR count). The largest absolute Gasteiger partial charge is 0.486 e. The molecule has 9 nitrogen and oxygen atoms in total. The molecule has 1 aliphatic rings. The van der Waals surface area contributed by atoms with E-state index in [4.69, 9.17) is 32.7 Å². The van der Waals surface area contributed by atoms with Crippen molar-refractivity contribution >= 4 is 50.7 Å². The molecule has 0 unspecified atom stereocenters. The highest BCUT2D eigenvalue weighted by Gasteiger charge is 2.34. The van der Waals surface area contributed by atoms with E-state index in [2.05, 4.69) is 5.32 Å². The number of hydrogen-bond acceptors (Lipinski definition) is 6. The van der Waals surface area contributed by atoms with Crippen LogP contribution in [0.15, 0.2) is 66.7 Å². The fraction of sp³-hybridized carbons (Fsp3) is 0.333. The Morgan fingerprint density at radius 1 is 0.952 bits per heavy atom. The Morgan fingerprint density at radius 3 is 2.26 bits per heavy atom. The lowest BCUT2D eigenvalue weighted by Crippen LogP contribution is -2.53. The van der Waals surface area contributed by atoms with Gasteiger partial charge in [-0.15, -0.1) is 0 Å². The first-order chi connectivity index (χ1) is 20.1. The SMILES string of the molecule is CCCNC(=O)[C@H](Cc1ccccc1)N(Cc1c(Cl)cccc1Cl)C(=O)CN(c1ccc2c(c1)OCCO2)S(C)(=O)=O. The molecule has 1 N–H and O–H groups in total. The molecule has 2 amide bonds. The first kappa shape index (κ1) is 31.5. The van der Waals surface area contributed by atoms with Crippen LogP contribution in [0.5, 0.6) is 11.5 Å². The van der Waals surface area contributed by atoms with Crippen LogP contribution >= 0.6 is 23.2 Å². The lowest BCUT2D eigenvalue weighted by atomic mass is 10.0. The number of sulfonamides is 1. The van der Waals surface area contributed by atoms with E-state index in [1.807, 2.05) is 37.3 Å². The van der Waals surface area contributed by atoms with Crippen molar-refractivity contribution in [1.82, 2.24) is 10.2 Å². The van der Waals surface area contributed by atoms with Crippen molar-refractivity contribution in [2.45, 2.75) is 32.4 Å². The summed E-state index contributed by atoms with van der Waals surface area (Å²) in [6.07, 6.45) is 1.90. The summed E-state index contributed by atoms with van der Waals surface area (Å²) >= 11 is 13.0. The van der Waals surface area contributed by atoms with Crippen LogP contribution < -0.4 is 19.1 Å². The minimum atomic E-state index is -3.94. The van der Waals surface area contributed by atoms with E-state index in [1.54, 1.807) is 30.3 Å². The van der Waals surface area contributed by atoms with E-state index < -0.39 is 28.5 Å². The van der Waals surface area contributed by atoms with Gasteiger partial charge in [0, 0.05) is 41.2 Å². The summed E-state index contributed by atoms with van der Waals surface area (Å²) < 4.78 is 38.2. The molecule has 12 heteroatoms. The number of nitrogens with zero attached hydrogens (tertiary/aromatic N) is 2. The van der Waals surface area contributed by atoms with Gasteiger partial charge in [0.25, 0.3) is 0 Å². The molecule has 1 heterocycles. The molecule has 0 fully saturated rings. The van der Waals surface area contributed by atoms with Gasteiger partial charge in [-0.3, -0.25) is 13.9 Å². The van der Waals surface area contributed by atoms with Gasteiger partial charge in [-0.05, 0) is 36.2 Å². The summed E-state index contributed by atoms with van der Waals surface area (Å²) in [4.78, 5) is 29.1. The molecule has 224 valence electrons. The molecule has 0 saturated heterocycles. The van der Waals surface area contributed by atoms with Crippen molar-refractivity contribution in [1.29, 1.82) is 0 Å². The maximum absolute atomic E-state index is 14.2. The van der Waals surface area contributed by atoms with Gasteiger partial charge in [0.1, 0.15) is 25.8 Å². The smallest absolute Gasteiger partial charge is 0.244 e. The van der Waals surface area contributed by atoms with Gasteiger partial charge in [0.2, 0.25) is 21.8 Å². The summed E-state index contributed by atoms with van der Waals surface area (Å²) in [5.41, 5.74) is 1.49. The molecule has 3 aromatic rings. The quantitative estimate of drug-likeness (QED) is 0.310. The summed E-state index contributed by atoms with van der Waals surface area (Å²) in [6.45, 7) is 2.33.